The predicted octanol–water partition coefficient (Wildman–Crippen LogP) is 1.26. The lowest BCUT2D eigenvalue weighted by Gasteiger charge is -2.09. The van der Waals surface area contributed by atoms with Crippen molar-refractivity contribution in [3.8, 4) is 6.07 Å². The number of hydrogen-bond donors (Lipinski definition) is 1. The summed E-state index contributed by atoms with van der Waals surface area (Å²) in [5.41, 5.74) is 0.382. The lowest BCUT2D eigenvalue weighted by Crippen LogP contribution is -2.34. The standard InChI is InChI=1S/C19H19N3O4/c1-26-19(25)16-10-15(11-20)18(24)22(12-16)13-17(23)21-9-5-8-14-6-3-2-4-7-14/h2-4,6-7,10,12H,5,8-9,13H2,1H3,(H,21,23). The molecule has 0 radical (unpaired) electrons. The highest BCUT2D eigenvalue weighted by molar-refractivity contribution is 5.89. The van der Waals surface area contributed by atoms with E-state index in [0.29, 0.717) is 6.54 Å². The van der Waals surface area contributed by atoms with Gasteiger partial charge in [-0.2, -0.15) is 5.26 Å². The Morgan fingerprint density at radius 2 is 2.00 bits per heavy atom. The molecule has 0 fully saturated rings. The summed E-state index contributed by atoms with van der Waals surface area (Å²) in [6.07, 6.45) is 2.81. The van der Waals surface area contributed by atoms with E-state index in [9.17, 15) is 14.4 Å². The number of rotatable bonds is 7. The van der Waals surface area contributed by atoms with Crippen LogP contribution < -0.4 is 10.9 Å². The fourth-order valence-electron chi connectivity index (χ4n) is 2.44. The minimum atomic E-state index is -0.682. The average molecular weight is 353 g/mol. The van der Waals surface area contributed by atoms with Crippen LogP contribution >= 0.6 is 0 Å². The van der Waals surface area contributed by atoms with Crippen LogP contribution in [0.4, 0.5) is 0 Å². The van der Waals surface area contributed by atoms with Crippen molar-refractivity contribution >= 4 is 11.9 Å². The molecule has 0 unspecified atom stereocenters. The summed E-state index contributed by atoms with van der Waals surface area (Å²) in [6.45, 7) is 0.188. The molecule has 26 heavy (non-hydrogen) atoms. The number of nitriles is 1. The van der Waals surface area contributed by atoms with Crippen molar-refractivity contribution < 1.29 is 14.3 Å². The second-order valence-corrected chi connectivity index (χ2v) is 5.62. The maximum atomic E-state index is 12.1. The lowest BCUT2D eigenvalue weighted by atomic mass is 10.1. The molecular weight excluding hydrogens is 334 g/mol. The molecule has 1 amide bonds. The maximum absolute atomic E-state index is 12.1. The summed E-state index contributed by atoms with van der Waals surface area (Å²) in [5.74, 6) is -1.05. The number of hydrogen-bond acceptors (Lipinski definition) is 5. The van der Waals surface area contributed by atoms with Crippen molar-refractivity contribution in [1.82, 2.24) is 9.88 Å². The second kappa shape index (κ2) is 9.18. The van der Waals surface area contributed by atoms with Gasteiger partial charge in [-0.05, 0) is 24.5 Å². The third-order valence-corrected chi connectivity index (χ3v) is 3.75. The van der Waals surface area contributed by atoms with Gasteiger partial charge in [0.1, 0.15) is 18.2 Å². The Bertz CT molecular complexity index is 882. The number of nitrogens with zero attached hydrogens (tertiary/aromatic N) is 2. The first-order valence-corrected chi connectivity index (χ1v) is 8.08. The maximum Gasteiger partial charge on any atom is 0.339 e. The van der Waals surface area contributed by atoms with Gasteiger partial charge >= 0.3 is 5.97 Å². The molecule has 0 atom stereocenters. The Morgan fingerprint density at radius 1 is 1.27 bits per heavy atom. The molecule has 0 spiro atoms. The van der Waals surface area contributed by atoms with Crippen molar-refractivity contribution in [3.05, 3.63) is 69.6 Å². The van der Waals surface area contributed by atoms with Gasteiger partial charge in [0.2, 0.25) is 5.91 Å². The number of ether oxygens (including phenoxy) is 1. The van der Waals surface area contributed by atoms with Gasteiger partial charge in [-0.15, -0.1) is 0 Å². The van der Waals surface area contributed by atoms with E-state index in [-0.39, 0.29) is 23.6 Å². The fraction of sp³-hybridized carbons (Fsp3) is 0.263. The fourth-order valence-corrected chi connectivity index (χ4v) is 2.44. The summed E-state index contributed by atoms with van der Waals surface area (Å²) in [5, 5.41) is 11.8. The largest absolute Gasteiger partial charge is 0.465 e. The summed E-state index contributed by atoms with van der Waals surface area (Å²) >= 11 is 0. The number of nitrogens with one attached hydrogen (secondary N) is 1. The zero-order valence-corrected chi connectivity index (χ0v) is 14.4. The molecule has 134 valence electrons. The van der Waals surface area contributed by atoms with Crippen molar-refractivity contribution in [2.45, 2.75) is 19.4 Å². The van der Waals surface area contributed by atoms with Gasteiger partial charge in [0, 0.05) is 12.7 Å². The van der Waals surface area contributed by atoms with Gasteiger partial charge < -0.3 is 14.6 Å². The highest BCUT2D eigenvalue weighted by Crippen LogP contribution is 2.03. The zero-order valence-electron chi connectivity index (χ0n) is 14.4. The van der Waals surface area contributed by atoms with Gasteiger partial charge in [0.05, 0.1) is 12.7 Å². The number of aryl methyl sites for hydroxylation is 1. The molecule has 7 heteroatoms. The van der Waals surface area contributed by atoms with Crippen LogP contribution in [-0.4, -0.2) is 30.1 Å². The van der Waals surface area contributed by atoms with Crippen molar-refractivity contribution in [1.29, 1.82) is 5.26 Å². The Hall–Kier alpha value is -3.40. The second-order valence-electron chi connectivity index (χ2n) is 5.62. The van der Waals surface area contributed by atoms with E-state index in [2.05, 4.69) is 10.1 Å². The molecule has 1 heterocycles. The summed E-state index contributed by atoms with van der Waals surface area (Å²) in [6, 6.07) is 12.8. The van der Waals surface area contributed by atoms with Crippen molar-refractivity contribution in [2.75, 3.05) is 13.7 Å². The van der Waals surface area contributed by atoms with Crippen LogP contribution in [0.1, 0.15) is 27.9 Å². The lowest BCUT2D eigenvalue weighted by molar-refractivity contribution is -0.121. The van der Waals surface area contributed by atoms with Crippen LogP contribution in [-0.2, 0) is 22.5 Å². The topological polar surface area (TPSA) is 101 Å². The summed E-state index contributed by atoms with van der Waals surface area (Å²) < 4.78 is 5.63. The molecule has 1 aromatic heterocycles. The molecule has 2 aromatic rings. The minimum absolute atomic E-state index is 0.0422. The van der Waals surface area contributed by atoms with E-state index in [1.807, 2.05) is 30.3 Å². The van der Waals surface area contributed by atoms with E-state index in [1.165, 1.54) is 18.9 Å². The number of benzene rings is 1. The smallest absolute Gasteiger partial charge is 0.339 e. The van der Waals surface area contributed by atoms with Gasteiger partial charge in [-0.25, -0.2) is 4.79 Å². The third kappa shape index (κ3) is 5.05. The number of aromatic nitrogens is 1. The average Bonchev–Trinajstić information content (AvgIpc) is 2.67. The monoisotopic (exact) mass is 353 g/mol. The van der Waals surface area contributed by atoms with Crippen molar-refractivity contribution in [3.63, 3.8) is 0 Å². The van der Waals surface area contributed by atoms with Crippen LogP contribution in [0.2, 0.25) is 0 Å². The molecule has 7 nitrogen and oxygen atoms in total. The Labute approximate surface area is 150 Å². The molecule has 2 rings (SSSR count). The first kappa shape index (κ1) is 18.9. The number of carbonyl (C=O) groups is 2. The molecule has 0 aliphatic carbocycles. The Morgan fingerprint density at radius 3 is 2.65 bits per heavy atom. The molecule has 0 aliphatic rings. The quantitative estimate of drug-likeness (QED) is 0.596. The van der Waals surface area contributed by atoms with Crippen LogP contribution in [0.5, 0.6) is 0 Å². The van der Waals surface area contributed by atoms with E-state index < -0.39 is 11.5 Å². The molecule has 0 bridgehead atoms. The van der Waals surface area contributed by atoms with Crippen LogP contribution in [0.3, 0.4) is 0 Å². The highest BCUT2D eigenvalue weighted by Gasteiger charge is 2.14. The molecule has 1 aromatic carbocycles. The molecule has 0 aliphatic heterocycles. The van der Waals surface area contributed by atoms with Gasteiger partial charge in [-0.1, -0.05) is 30.3 Å². The normalized spacial score (nSPS) is 10.0. The number of amides is 1. The molecule has 0 saturated heterocycles. The number of esters is 1. The van der Waals surface area contributed by atoms with Crippen LogP contribution in [0.15, 0.2) is 47.4 Å². The summed E-state index contributed by atoms with van der Waals surface area (Å²) in [7, 11) is 1.20. The first-order valence-electron chi connectivity index (χ1n) is 8.08. The summed E-state index contributed by atoms with van der Waals surface area (Å²) in [4.78, 5) is 35.8. The zero-order chi connectivity index (χ0) is 18.9. The highest BCUT2D eigenvalue weighted by atomic mass is 16.5. The minimum Gasteiger partial charge on any atom is -0.465 e. The SMILES string of the molecule is COC(=O)c1cc(C#N)c(=O)n(CC(=O)NCCCc2ccccc2)c1. The Balaban J connectivity index is 1.96. The molecule has 0 saturated carbocycles. The number of carbonyl (C=O) groups excluding carboxylic acids is 2. The van der Waals surface area contributed by atoms with Gasteiger partial charge in [0.15, 0.2) is 0 Å². The van der Waals surface area contributed by atoms with Crippen LogP contribution in [0.25, 0.3) is 0 Å². The molecular formula is C19H19N3O4. The number of pyridine rings is 1. The van der Waals surface area contributed by atoms with E-state index in [4.69, 9.17) is 5.26 Å². The van der Waals surface area contributed by atoms with Gasteiger partial charge in [-0.3, -0.25) is 9.59 Å². The number of methoxy groups -OCH3 is 1. The first-order chi connectivity index (χ1) is 12.5. The van der Waals surface area contributed by atoms with E-state index >= 15 is 0 Å². The molecule has 1 N–H and O–H groups in total. The van der Waals surface area contributed by atoms with Crippen LogP contribution in [0, 0.1) is 11.3 Å². The predicted molar refractivity (Wildman–Crippen MR) is 94.5 cm³/mol. The van der Waals surface area contributed by atoms with Gasteiger partial charge in [0.25, 0.3) is 5.56 Å². The van der Waals surface area contributed by atoms with E-state index in [1.54, 1.807) is 6.07 Å². The Kier molecular flexibility index (Phi) is 6.68. The van der Waals surface area contributed by atoms with Crippen molar-refractivity contribution in [2.24, 2.45) is 0 Å². The van der Waals surface area contributed by atoms with E-state index in [0.717, 1.165) is 23.5 Å². The third-order valence-electron chi connectivity index (χ3n) is 3.75.